The van der Waals surface area contributed by atoms with Crippen molar-refractivity contribution < 1.29 is 9.90 Å². The van der Waals surface area contributed by atoms with Crippen LogP contribution in [0.25, 0.3) is 0 Å². The zero-order valence-corrected chi connectivity index (χ0v) is 9.09. The highest BCUT2D eigenvalue weighted by Gasteiger charge is 2.17. The number of aliphatic carboxylic acids is 1. The first-order valence-corrected chi connectivity index (χ1v) is 4.86. The second-order valence-corrected chi connectivity index (χ2v) is 3.79. The summed E-state index contributed by atoms with van der Waals surface area (Å²) < 4.78 is 0. The second kappa shape index (κ2) is 5.01. The zero-order valence-electron chi connectivity index (χ0n) is 7.58. The van der Waals surface area contributed by atoms with Crippen LogP contribution in [0.1, 0.15) is 17.9 Å². The molecule has 1 N–H and O–H groups in total. The summed E-state index contributed by atoms with van der Waals surface area (Å²) >= 11 is 11.5. The molecule has 78 valence electrons. The van der Waals surface area contributed by atoms with Crippen molar-refractivity contribution in [3.8, 4) is 6.07 Å². The van der Waals surface area contributed by atoms with Crippen LogP contribution in [0.2, 0.25) is 10.0 Å². The molecule has 5 heteroatoms. The minimum atomic E-state index is -1.03. The lowest BCUT2D eigenvalue weighted by molar-refractivity contribution is -0.137. The highest BCUT2D eigenvalue weighted by molar-refractivity contribution is 6.35. The second-order valence-electron chi connectivity index (χ2n) is 2.95. The molecule has 0 aliphatic carbocycles. The van der Waals surface area contributed by atoms with E-state index in [1.165, 1.54) is 6.07 Å². The zero-order chi connectivity index (χ0) is 11.4. The third-order valence-electron chi connectivity index (χ3n) is 1.87. The van der Waals surface area contributed by atoms with E-state index in [9.17, 15) is 4.79 Å². The topological polar surface area (TPSA) is 61.1 Å². The molecule has 0 spiro atoms. The maximum Gasteiger partial charge on any atom is 0.305 e. The van der Waals surface area contributed by atoms with Gasteiger partial charge in [-0.1, -0.05) is 29.3 Å². The minimum absolute atomic E-state index is 0.266. The fraction of sp³-hybridized carbons (Fsp3) is 0.200. The summed E-state index contributed by atoms with van der Waals surface area (Å²) in [5.74, 6) is -1.78. The van der Waals surface area contributed by atoms with E-state index in [1.807, 2.05) is 6.07 Å². The number of nitriles is 1. The van der Waals surface area contributed by atoms with Crippen LogP contribution >= 0.6 is 23.2 Å². The Labute approximate surface area is 96.8 Å². The number of carboxylic acids is 1. The Morgan fingerprint density at radius 2 is 2.20 bits per heavy atom. The molecule has 0 heterocycles. The van der Waals surface area contributed by atoms with Crippen LogP contribution < -0.4 is 0 Å². The summed E-state index contributed by atoms with van der Waals surface area (Å²) in [4.78, 5) is 10.5. The number of rotatable bonds is 3. The number of benzene rings is 1. The summed E-state index contributed by atoms with van der Waals surface area (Å²) in [6.45, 7) is 0. The Morgan fingerprint density at radius 3 is 2.67 bits per heavy atom. The van der Waals surface area contributed by atoms with Gasteiger partial charge in [0.1, 0.15) is 0 Å². The van der Waals surface area contributed by atoms with Crippen molar-refractivity contribution in [2.45, 2.75) is 12.3 Å². The third kappa shape index (κ3) is 3.12. The number of carbonyl (C=O) groups is 1. The number of nitrogens with zero attached hydrogens (tertiary/aromatic N) is 1. The summed E-state index contributed by atoms with van der Waals surface area (Å²) in [6, 6.07) is 6.54. The maximum atomic E-state index is 10.5. The molecule has 0 bridgehead atoms. The molecule has 0 saturated carbocycles. The minimum Gasteiger partial charge on any atom is -0.481 e. The number of carboxylic acid groups (broad SMARTS) is 1. The molecule has 1 aromatic rings. The Balaban J connectivity index is 3.03. The highest BCUT2D eigenvalue weighted by Crippen LogP contribution is 2.29. The number of hydrogen-bond acceptors (Lipinski definition) is 2. The molecule has 1 rings (SSSR count). The molecule has 15 heavy (non-hydrogen) atoms. The van der Waals surface area contributed by atoms with Gasteiger partial charge in [0.05, 0.1) is 18.4 Å². The highest BCUT2D eigenvalue weighted by atomic mass is 35.5. The van der Waals surface area contributed by atoms with E-state index in [0.717, 1.165) is 0 Å². The van der Waals surface area contributed by atoms with Crippen LogP contribution in [0.3, 0.4) is 0 Å². The van der Waals surface area contributed by atoms with Gasteiger partial charge in [-0.2, -0.15) is 5.26 Å². The van der Waals surface area contributed by atoms with Gasteiger partial charge >= 0.3 is 5.97 Å². The van der Waals surface area contributed by atoms with Gasteiger partial charge in [0.25, 0.3) is 0 Å². The molecule has 0 aliphatic rings. The predicted octanol–water partition coefficient (Wildman–Crippen LogP) is 3.08. The molecular weight excluding hydrogens is 237 g/mol. The molecule has 0 fully saturated rings. The van der Waals surface area contributed by atoms with Gasteiger partial charge in [0.2, 0.25) is 0 Å². The lowest BCUT2D eigenvalue weighted by Crippen LogP contribution is -2.04. The SMILES string of the molecule is N#C[C@@H](CC(=O)O)c1ccc(Cl)cc1Cl. The number of hydrogen-bond donors (Lipinski definition) is 1. The molecule has 0 aromatic heterocycles. The van der Waals surface area contributed by atoms with Crippen LogP contribution in [0.4, 0.5) is 0 Å². The average Bonchev–Trinajstić information content (AvgIpc) is 2.14. The summed E-state index contributed by atoms with van der Waals surface area (Å²) in [5, 5.41) is 18.2. The first kappa shape index (κ1) is 11.8. The molecule has 1 atom stereocenters. The fourth-order valence-corrected chi connectivity index (χ4v) is 1.72. The van der Waals surface area contributed by atoms with Gasteiger partial charge in [0, 0.05) is 10.0 Å². The van der Waals surface area contributed by atoms with E-state index in [0.29, 0.717) is 15.6 Å². The molecule has 0 aliphatic heterocycles. The fourth-order valence-electron chi connectivity index (χ4n) is 1.18. The van der Waals surface area contributed by atoms with E-state index < -0.39 is 11.9 Å². The smallest absolute Gasteiger partial charge is 0.305 e. The molecule has 0 radical (unpaired) electrons. The van der Waals surface area contributed by atoms with E-state index in [2.05, 4.69) is 0 Å². The number of halogens is 2. The summed E-state index contributed by atoms with van der Waals surface area (Å²) in [6.07, 6.45) is -0.266. The van der Waals surface area contributed by atoms with Gasteiger partial charge in [-0.05, 0) is 17.7 Å². The molecule has 3 nitrogen and oxygen atoms in total. The summed E-state index contributed by atoms with van der Waals surface area (Å²) in [5.41, 5.74) is 0.492. The van der Waals surface area contributed by atoms with Crippen molar-refractivity contribution >= 4 is 29.2 Å². The van der Waals surface area contributed by atoms with E-state index >= 15 is 0 Å². The quantitative estimate of drug-likeness (QED) is 0.888. The molecule has 0 unspecified atom stereocenters. The van der Waals surface area contributed by atoms with Gasteiger partial charge < -0.3 is 5.11 Å². The van der Waals surface area contributed by atoms with Gasteiger partial charge in [-0.25, -0.2) is 0 Å². The predicted molar refractivity (Wildman–Crippen MR) is 57.1 cm³/mol. The maximum absolute atomic E-state index is 10.5. The van der Waals surface area contributed by atoms with E-state index in [1.54, 1.807) is 12.1 Å². The first-order chi connectivity index (χ1) is 7.04. The molecule has 1 aromatic carbocycles. The van der Waals surface area contributed by atoms with Crippen LogP contribution in [-0.2, 0) is 4.79 Å². The standard InChI is InChI=1S/C10H7Cl2NO2/c11-7-1-2-8(9(12)4-7)6(5-13)3-10(14)15/h1-2,4,6H,3H2,(H,14,15)/t6-/m1/s1. The lowest BCUT2D eigenvalue weighted by atomic mass is 9.97. The first-order valence-electron chi connectivity index (χ1n) is 4.11. The largest absolute Gasteiger partial charge is 0.481 e. The Morgan fingerprint density at radius 1 is 1.53 bits per heavy atom. The van der Waals surface area contributed by atoms with Crippen LogP contribution in [-0.4, -0.2) is 11.1 Å². The normalized spacial score (nSPS) is 11.8. The monoisotopic (exact) mass is 243 g/mol. The van der Waals surface area contributed by atoms with Crippen LogP contribution in [0, 0.1) is 11.3 Å². The van der Waals surface area contributed by atoms with Crippen molar-refractivity contribution in [3.05, 3.63) is 33.8 Å². The summed E-state index contributed by atoms with van der Waals surface area (Å²) in [7, 11) is 0. The Bertz CT molecular complexity index is 426. The van der Waals surface area contributed by atoms with Crippen molar-refractivity contribution in [1.29, 1.82) is 5.26 Å². The molecular formula is C10H7Cl2NO2. The third-order valence-corrected chi connectivity index (χ3v) is 2.43. The molecule has 0 saturated heterocycles. The lowest BCUT2D eigenvalue weighted by Gasteiger charge is -2.08. The van der Waals surface area contributed by atoms with Crippen LogP contribution in [0.5, 0.6) is 0 Å². The van der Waals surface area contributed by atoms with Gasteiger partial charge in [-0.15, -0.1) is 0 Å². The van der Waals surface area contributed by atoms with Crippen molar-refractivity contribution in [2.75, 3.05) is 0 Å². The van der Waals surface area contributed by atoms with Crippen molar-refractivity contribution in [2.24, 2.45) is 0 Å². The van der Waals surface area contributed by atoms with E-state index in [-0.39, 0.29) is 6.42 Å². The van der Waals surface area contributed by atoms with Crippen LogP contribution in [0.15, 0.2) is 18.2 Å². The van der Waals surface area contributed by atoms with Crippen molar-refractivity contribution in [3.63, 3.8) is 0 Å². The van der Waals surface area contributed by atoms with Gasteiger partial charge in [0.15, 0.2) is 0 Å². The van der Waals surface area contributed by atoms with E-state index in [4.69, 9.17) is 33.6 Å². The molecule has 0 amide bonds. The Kier molecular flexibility index (Phi) is 3.96. The van der Waals surface area contributed by atoms with Gasteiger partial charge in [-0.3, -0.25) is 4.79 Å². The van der Waals surface area contributed by atoms with Crippen molar-refractivity contribution in [1.82, 2.24) is 0 Å². The Hall–Kier alpha value is -1.24. The average molecular weight is 244 g/mol.